The fourth-order valence-corrected chi connectivity index (χ4v) is 3.18. The molecule has 2 aromatic carbocycles. The first-order valence-electron chi connectivity index (χ1n) is 9.25. The predicted molar refractivity (Wildman–Crippen MR) is 105 cm³/mol. The Morgan fingerprint density at radius 2 is 1.68 bits per heavy atom. The zero-order valence-electron chi connectivity index (χ0n) is 16.4. The van der Waals surface area contributed by atoms with E-state index in [-0.39, 0.29) is 35.9 Å². The average molecular weight is 433 g/mol. The first kappa shape index (κ1) is 22.0. The third-order valence-electron chi connectivity index (χ3n) is 4.64. The quantitative estimate of drug-likeness (QED) is 0.735. The Kier molecular flexibility index (Phi) is 6.09. The number of benzene rings is 2. The number of amides is 4. The van der Waals surface area contributed by atoms with Crippen LogP contribution in [0.2, 0.25) is 0 Å². The van der Waals surface area contributed by atoms with E-state index < -0.39 is 35.8 Å². The van der Waals surface area contributed by atoms with Gasteiger partial charge in [-0.3, -0.25) is 24.1 Å². The average Bonchev–Trinajstić information content (AvgIpc) is 3.05. The van der Waals surface area contributed by atoms with Crippen molar-refractivity contribution in [2.75, 3.05) is 23.8 Å². The lowest BCUT2D eigenvalue weighted by molar-refractivity contribution is -0.137. The highest BCUT2D eigenvalue weighted by atomic mass is 19.4. The normalized spacial score (nSPS) is 14.0. The molecule has 31 heavy (non-hydrogen) atoms. The second-order valence-corrected chi connectivity index (χ2v) is 6.93. The van der Waals surface area contributed by atoms with Crippen molar-refractivity contribution < 1.29 is 32.3 Å². The molecule has 0 aromatic heterocycles. The van der Waals surface area contributed by atoms with Crippen LogP contribution >= 0.6 is 0 Å². The fraction of sp³-hybridized carbons (Fsp3) is 0.238. The van der Waals surface area contributed by atoms with Gasteiger partial charge in [-0.15, -0.1) is 0 Å². The van der Waals surface area contributed by atoms with E-state index in [0.29, 0.717) is 0 Å². The van der Waals surface area contributed by atoms with Gasteiger partial charge in [-0.05, 0) is 30.3 Å². The number of hydrogen-bond donors (Lipinski definition) is 1. The minimum atomic E-state index is -4.64. The van der Waals surface area contributed by atoms with Crippen LogP contribution in [0.3, 0.4) is 0 Å². The van der Waals surface area contributed by atoms with E-state index in [1.165, 1.54) is 43.4 Å². The summed E-state index contributed by atoms with van der Waals surface area (Å²) in [6.45, 7) is -0.503. The number of rotatable bonds is 5. The smallest absolute Gasteiger partial charge is 0.332 e. The molecule has 0 radical (unpaired) electrons. The highest BCUT2D eigenvalue weighted by Crippen LogP contribution is 2.34. The second kappa shape index (κ2) is 8.58. The van der Waals surface area contributed by atoms with Crippen LogP contribution < -0.4 is 10.2 Å². The van der Waals surface area contributed by atoms with Crippen LogP contribution in [0.1, 0.15) is 28.8 Å². The number of nitrogens with one attached hydrogen (secondary N) is 1. The van der Waals surface area contributed by atoms with Crippen LogP contribution in [0, 0.1) is 0 Å². The predicted octanol–water partition coefficient (Wildman–Crippen LogP) is 3.07. The lowest BCUT2D eigenvalue weighted by atomic mass is 10.1. The molecule has 7 nitrogen and oxygen atoms in total. The maximum Gasteiger partial charge on any atom is 0.418 e. The van der Waals surface area contributed by atoms with Gasteiger partial charge in [0.1, 0.15) is 0 Å². The molecule has 0 spiro atoms. The SMILES string of the molecule is CN(CC(=O)Nc1ccccc1C(F)(F)F)C(=O)c1cccc(N2C(=O)CCC2=O)c1. The molecule has 1 aliphatic heterocycles. The number of likely N-dealkylation sites (N-methyl/N-ethyl adjacent to an activating group) is 1. The van der Waals surface area contributed by atoms with Crippen molar-refractivity contribution >= 4 is 35.0 Å². The van der Waals surface area contributed by atoms with Crippen LogP contribution in [-0.4, -0.2) is 42.1 Å². The summed E-state index contributed by atoms with van der Waals surface area (Å²) in [7, 11) is 1.32. The number of para-hydroxylation sites is 1. The fourth-order valence-electron chi connectivity index (χ4n) is 3.18. The summed E-state index contributed by atoms with van der Waals surface area (Å²) in [5.74, 6) is -2.15. The van der Waals surface area contributed by atoms with Crippen molar-refractivity contribution in [2.45, 2.75) is 19.0 Å². The molecule has 0 aliphatic carbocycles. The van der Waals surface area contributed by atoms with Gasteiger partial charge in [0.2, 0.25) is 17.7 Å². The molecular formula is C21H18F3N3O4. The Balaban J connectivity index is 1.70. The summed E-state index contributed by atoms with van der Waals surface area (Å²) in [5.41, 5.74) is -1.04. The van der Waals surface area contributed by atoms with Gasteiger partial charge in [0.25, 0.3) is 5.91 Å². The van der Waals surface area contributed by atoms with Crippen molar-refractivity contribution in [3.05, 3.63) is 59.7 Å². The minimum absolute atomic E-state index is 0.0937. The Bertz CT molecular complexity index is 1040. The molecule has 0 unspecified atom stereocenters. The minimum Gasteiger partial charge on any atom is -0.332 e. The first-order valence-corrected chi connectivity index (χ1v) is 9.25. The molecule has 1 aliphatic rings. The lowest BCUT2D eigenvalue weighted by Gasteiger charge is -2.19. The molecule has 1 N–H and O–H groups in total. The molecule has 2 aromatic rings. The summed E-state index contributed by atoms with van der Waals surface area (Å²) < 4.78 is 39.2. The summed E-state index contributed by atoms with van der Waals surface area (Å²) >= 11 is 0. The Morgan fingerprint density at radius 1 is 1.03 bits per heavy atom. The van der Waals surface area contributed by atoms with Gasteiger partial charge in [0, 0.05) is 25.5 Å². The summed E-state index contributed by atoms with van der Waals surface area (Å²) in [4.78, 5) is 50.7. The maximum absolute atomic E-state index is 13.1. The molecule has 10 heteroatoms. The molecule has 1 saturated heterocycles. The standard InChI is InChI=1S/C21H18F3N3O4/c1-26(12-17(28)25-16-8-3-2-7-15(16)21(22,23)24)20(31)13-5-4-6-14(11-13)27-18(29)9-10-19(27)30/h2-8,11H,9-10,12H2,1H3,(H,25,28). The topological polar surface area (TPSA) is 86.8 Å². The number of alkyl halides is 3. The van der Waals surface area contributed by atoms with Crippen molar-refractivity contribution in [3.8, 4) is 0 Å². The Hall–Kier alpha value is -3.69. The van der Waals surface area contributed by atoms with Crippen LogP contribution in [-0.2, 0) is 20.6 Å². The van der Waals surface area contributed by atoms with Crippen LogP contribution in [0.15, 0.2) is 48.5 Å². The Morgan fingerprint density at radius 3 is 2.32 bits per heavy atom. The molecule has 162 valence electrons. The number of anilines is 2. The molecule has 1 heterocycles. The summed E-state index contributed by atoms with van der Waals surface area (Å²) in [6.07, 6.45) is -4.45. The van der Waals surface area contributed by atoms with E-state index >= 15 is 0 Å². The highest BCUT2D eigenvalue weighted by Gasteiger charge is 2.34. The van der Waals surface area contributed by atoms with E-state index in [4.69, 9.17) is 0 Å². The van der Waals surface area contributed by atoms with E-state index in [1.807, 2.05) is 0 Å². The van der Waals surface area contributed by atoms with Gasteiger partial charge >= 0.3 is 6.18 Å². The van der Waals surface area contributed by atoms with Gasteiger partial charge < -0.3 is 10.2 Å². The van der Waals surface area contributed by atoms with Crippen LogP contribution in [0.5, 0.6) is 0 Å². The van der Waals surface area contributed by atoms with E-state index in [1.54, 1.807) is 0 Å². The third kappa shape index (κ3) is 4.90. The molecule has 0 atom stereocenters. The van der Waals surface area contributed by atoms with Gasteiger partial charge in [-0.1, -0.05) is 18.2 Å². The van der Waals surface area contributed by atoms with Crippen molar-refractivity contribution in [1.29, 1.82) is 0 Å². The highest BCUT2D eigenvalue weighted by molar-refractivity contribution is 6.20. The van der Waals surface area contributed by atoms with Crippen LogP contribution in [0.4, 0.5) is 24.5 Å². The van der Waals surface area contributed by atoms with Crippen molar-refractivity contribution in [1.82, 2.24) is 4.90 Å². The second-order valence-electron chi connectivity index (χ2n) is 6.93. The van der Waals surface area contributed by atoms with E-state index in [0.717, 1.165) is 21.9 Å². The molecular weight excluding hydrogens is 415 g/mol. The number of halogens is 3. The molecule has 0 bridgehead atoms. The van der Waals surface area contributed by atoms with Gasteiger partial charge in [-0.2, -0.15) is 13.2 Å². The number of hydrogen-bond acceptors (Lipinski definition) is 4. The first-order chi connectivity index (χ1) is 14.6. The lowest BCUT2D eigenvalue weighted by Crippen LogP contribution is -2.35. The zero-order chi connectivity index (χ0) is 22.8. The van der Waals surface area contributed by atoms with Gasteiger partial charge in [0.05, 0.1) is 23.5 Å². The number of carbonyl (C=O) groups excluding carboxylic acids is 4. The Labute approximate surface area is 175 Å². The number of nitrogens with zero attached hydrogens (tertiary/aromatic N) is 2. The van der Waals surface area contributed by atoms with E-state index in [2.05, 4.69) is 5.32 Å². The summed E-state index contributed by atoms with van der Waals surface area (Å²) in [5, 5.41) is 2.17. The largest absolute Gasteiger partial charge is 0.418 e. The molecule has 4 amide bonds. The monoisotopic (exact) mass is 433 g/mol. The molecule has 3 rings (SSSR count). The van der Waals surface area contributed by atoms with Gasteiger partial charge in [-0.25, -0.2) is 0 Å². The van der Waals surface area contributed by atoms with Crippen molar-refractivity contribution in [2.24, 2.45) is 0 Å². The zero-order valence-corrected chi connectivity index (χ0v) is 16.4. The molecule has 1 fully saturated rings. The number of carbonyl (C=O) groups is 4. The van der Waals surface area contributed by atoms with Crippen LogP contribution in [0.25, 0.3) is 0 Å². The maximum atomic E-state index is 13.1. The third-order valence-corrected chi connectivity index (χ3v) is 4.64. The number of imide groups is 1. The van der Waals surface area contributed by atoms with E-state index in [9.17, 15) is 32.3 Å². The summed E-state index contributed by atoms with van der Waals surface area (Å²) in [6, 6.07) is 10.3. The van der Waals surface area contributed by atoms with Crippen molar-refractivity contribution in [3.63, 3.8) is 0 Å². The molecule has 0 saturated carbocycles. The van der Waals surface area contributed by atoms with Gasteiger partial charge in [0.15, 0.2) is 0 Å².